The first-order valence-corrected chi connectivity index (χ1v) is 2.80. The van der Waals surface area contributed by atoms with E-state index in [2.05, 4.69) is 10.8 Å². The molecule has 67 valence electrons. The van der Waals surface area contributed by atoms with E-state index in [0.29, 0.717) is 0 Å². The van der Waals surface area contributed by atoms with Gasteiger partial charge >= 0.3 is 6.36 Å². The molecule has 1 rings (SSSR count). The average Bonchev–Trinajstić information content (AvgIpc) is 1.85. The molecule has 12 heavy (non-hydrogen) atoms. The molecule has 0 atom stereocenters. The van der Waals surface area contributed by atoms with Gasteiger partial charge < -0.3 is 4.74 Å². The van der Waals surface area contributed by atoms with Gasteiger partial charge in [-0.3, -0.25) is 0 Å². The normalized spacial score (nSPS) is 10.2. The topological polar surface area (TPSA) is 9.23 Å². The molecule has 0 saturated heterocycles. The molecule has 5 heteroatoms. The van der Waals surface area contributed by atoms with E-state index >= 15 is 0 Å². The Morgan fingerprint density at radius 1 is 1.17 bits per heavy atom. The Hall–Kier alpha value is -0.671. The van der Waals surface area contributed by atoms with Crippen LogP contribution in [0.5, 0.6) is 5.75 Å². The van der Waals surface area contributed by atoms with Crippen molar-refractivity contribution in [1.29, 1.82) is 0 Å². The molecule has 0 unspecified atom stereocenters. The van der Waals surface area contributed by atoms with Gasteiger partial charge in [0.1, 0.15) is 0 Å². The van der Waals surface area contributed by atoms with E-state index < -0.39 is 6.36 Å². The molecule has 0 aromatic heterocycles. The molecule has 1 radical (unpaired) electrons. The second kappa shape index (κ2) is 4.38. The minimum atomic E-state index is -4.61. The first kappa shape index (κ1) is 11.3. The number of alkyl halides is 3. The van der Waals surface area contributed by atoms with Gasteiger partial charge in [0, 0.05) is 22.8 Å². The number of ether oxygens (including phenoxy) is 1. The first-order valence-electron chi connectivity index (χ1n) is 2.80. The van der Waals surface area contributed by atoms with Crippen LogP contribution in [0.2, 0.25) is 0 Å². The summed E-state index contributed by atoms with van der Waals surface area (Å²) in [6.45, 7) is 0. The maximum absolute atomic E-state index is 11.5. The molecule has 0 N–H and O–H groups in total. The van der Waals surface area contributed by atoms with Gasteiger partial charge in [-0.2, -0.15) is 18.2 Å². The second-order valence-electron chi connectivity index (χ2n) is 1.78. The summed E-state index contributed by atoms with van der Waals surface area (Å²) in [5, 5.41) is 0. The average molecular weight is 216 g/mol. The van der Waals surface area contributed by atoms with Crippen LogP contribution in [0, 0.1) is 6.07 Å². The Kier molecular flexibility index (Phi) is 4.13. The smallest absolute Gasteiger partial charge is 0.432 e. The summed E-state index contributed by atoms with van der Waals surface area (Å²) in [6.07, 6.45) is -4.61. The summed E-state index contributed by atoms with van der Waals surface area (Å²) in [5.41, 5.74) is 0. The minimum absolute atomic E-state index is 0. The van der Waals surface area contributed by atoms with Crippen molar-refractivity contribution in [3.05, 3.63) is 30.3 Å². The summed E-state index contributed by atoms with van der Waals surface area (Å²) in [6, 6.07) is 7.64. The fourth-order valence-corrected chi connectivity index (χ4v) is 0.573. The van der Waals surface area contributed by atoms with Gasteiger partial charge in [0.25, 0.3) is 0 Å². The molecular weight excluding hydrogens is 212 g/mol. The van der Waals surface area contributed by atoms with E-state index in [1.165, 1.54) is 24.3 Å². The van der Waals surface area contributed by atoms with Crippen LogP contribution in [0.4, 0.5) is 13.2 Å². The van der Waals surface area contributed by atoms with Crippen molar-refractivity contribution in [2.75, 3.05) is 0 Å². The maximum Gasteiger partial charge on any atom is 0.571 e. The number of hydrogen-bond donors (Lipinski definition) is 0. The third-order valence-corrected chi connectivity index (χ3v) is 0.921. The van der Waals surface area contributed by atoms with Crippen molar-refractivity contribution in [3.8, 4) is 5.75 Å². The van der Waals surface area contributed by atoms with Crippen LogP contribution in [-0.2, 0) is 17.1 Å². The molecule has 0 amide bonds. The molecular formula is C7H4F3MnO-. The minimum Gasteiger partial charge on any atom is -0.432 e. The van der Waals surface area contributed by atoms with Crippen molar-refractivity contribution in [2.24, 2.45) is 0 Å². The Balaban J connectivity index is 0.00000121. The zero-order valence-corrected chi connectivity index (χ0v) is 6.91. The van der Waals surface area contributed by atoms with Gasteiger partial charge in [0.15, 0.2) is 0 Å². The Labute approximate surface area is 78.0 Å². The number of halogens is 3. The summed E-state index contributed by atoms with van der Waals surface area (Å²) < 4.78 is 38.1. The van der Waals surface area contributed by atoms with Crippen LogP contribution >= 0.6 is 0 Å². The van der Waals surface area contributed by atoms with Crippen molar-refractivity contribution in [1.82, 2.24) is 0 Å². The molecule has 1 aromatic rings. The van der Waals surface area contributed by atoms with Crippen molar-refractivity contribution < 1.29 is 35.0 Å². The van der Waals surface area contributed by atoms with Gasteiger partial charge in [0.2, 0.25) is 0 Å². The number of rotatable bonds is 1. The molecule has 0 aliphatic heterocycles. The Morgan fingerprint density at radius 2 is 1.67 bits per heavy atom. The van der Waals surface area contributed by atoms with Gasteiger partial charge in [0.05, 0.1) is 0 Å². The van der Waals surface area contributed by atoms with E-state index in [9.17, 15) is 13.2 Å². The molecule has 0 saturated carbocycles. The summed E-state index contributed by atoms with van der Waals surface area (Å²) in [5.74, 6) is -0.226. The molecule has 0 aliphatic rings. The third kappa shape index (κ3) is 4.26. The van der Waals surface area contributed by atoms with Crippen LogP contribution in [0.1, 0.15) is 0 Å². The van der Waals surface area contributed by atoms with Crippen LogP contribution in [-0.4, -0.2) is 6.36 Å². The van der Waals surface area contributed by atoms with Gasteiger partial charge in [-0.1, -0.05) is 0 Å². The van der Waals surface area contributed by atoms with Crippen LogP contribution in [0.15, 0.2) is 24.3 Å². The summed E-state index contributed by atoms with van der Waals surface area (Å²) in [7, 11) is 0. The largest absolute Gasteiger partial charge is 0.571 e. The van der Waals surface area contributed by atoms with Crippen LogP contribution in [0.3, 0.4) is 0 Å². The Bertz CT molecular complexity index is 222. The van der Waals surface area contributed by atoms with Gasteiger partial charge in [-0.05, 0) is 0 Å². The van der Waals surface area contributed by atoms with Crippen molar-refractivity contribution >= 4 is 0 Å². The number of benzene rings is 1. The number of hydrogen-bond acceptors (Lipinski definition) is 1. The van der Waals surface area contributed by atoms with Gasteiger partial charge in [-0.15, -0.1) is 25.3 Å². The predicted molar refractivity (Wildman–Crippen MR) is 32.0 cm³/mol. The van der Waals surface area contributed by atoms with Crippen molar-refractivity contribution in [3.63, 3.8) is 0 Å². The second-order valence-corrected chi connectivity index (χ2v) is 1.78. The molecule has 0 fully saturated rings. The maximum atomic E-state index is 11.5. The standard InChI is InChI=1S/C7H4F3O.Mn/c8-7(9,10)11-6-4-2-1-3-5-6;/h2-5H;/q-1;. The zero-order valence-electron chi connectivity index (χ0n) is 5.73. The Morgan fingerprint density at radius 3 is 2.08 bits per heavy atom. The first-order chi connectivity index (χ1) is 5.08. The van der Waals surface area contributed by atoms with Gasteiger partial charge in [-0.25, -0.2) is 0 Å². The quantitative estimate of drug-likeness (QED) is 0.517. The predicted octanol–water partition coefficient (Wildman–Crippen LogP) is 2.38. The summed E-state index contributed by atoms with van der Waals surface area (Å²) in [4.78, 5) is 0. The SMILES string of the molecule is FC(F)(F)Oc1cc[c-]cc1.[Mn]. The molecule has 1 nitrogen and oxygen atoms in total. The van der Waals surface area contributed by atoms with E-state index in [4.69, 9.17) is 0 Å². The molecule has 0 spiro atoms. The zero-order chi connectivity index (χ0) is 8.32. The fraction of sp³-hybridized carbons (Fsp3) is 0.143. The monoisotopic (exact) mass is 216 g/mol. The van der Waals surface area contributed by atoms with Crippen LogP contribution < -0.4 is 4.74 Å². The van der Waals surface area contributed by atoms with E-state index in [1.54, 1.807) is 0 Å². The van der Waals surface area contributed by atoms with Crippen LogP contribution in [0.25, 0.3) is 0 Å². The molecule has 0 heterocycles. The fourth-order valence-electron chi connectivity index (χ4n) is 0.573. The van der Waals surface area contributed by atoms with E-state index in [1.807, 2.05) is 0 Å². The molecule has 1 aromatic carbocycles. The summed E-state index contributed by atoms with van der Waals surface area (Å²) >= 11 is 0. The molecule has 0 aliphatic carbocycles. The van der Waals surface area contributed by atoms with E-state index in [-0.39, 0.29) is 22.8 Å². The van der Waals surface area contributed by atoms with E-state index in [0.717, 1.165) is 0 Å². The molecule has 0 bridgehead atoms. The third-order valence-electron chi connectivity index (χ3n) is 0.921. The van der Waals surface area contributed by atoms with Crippen molar-refractivity contribution in [2.45, 2.75) is 6.36 Å².